The topological polar surface area (TPSA) is 94.8 Å². The fraction of sp³-hybridized carbons (Fsp3) is 0.391. The number of hydrogen-bond donors (Lipinski definition) is 0. The number of carbonyl (C=O) groups excluding carboxylic acids is 1. The second-order valence-electron chi connectivity index (χ2n) is 8.42. The summed E-state index contributed by atoms with van der Waals surface area (Å²) in [5.74, 6) is 0.790. The number of fused-ring (bicyclic) bond motifs is 1. The van der Waals surface area contributed by atoms with Gasteiger partial charge >= 0.3 is 11.6 Å². The Morgan fingerprint density at radius 1 is 1.23 bits per heavy atom. The van der Waals surface area contributed by atoms with E-state index in [0.717, 1.165) is 6.42 Å². The van der Waals surface area contributed by atoms with Gasteiger partial charge in [0.05, 0.1) is 18.2 Å². The minimum Gasteiger partial charge on any atom is -0.496 e. The van der Waals surface area contributed by atoms with Gasteiger partial charge in [-0.25, -0.2) is 19.6 Å². The molecule has 162 valence electrons. The van der Waals surface area contributed by atoms with Gasteiger partial charge in [-0.1, -0.05) is 6.07 Å². The fourth-order valence-corrected chi connectivity index (χ4v) is 3.80. The van der Waals surface area contributed by atoms with Crippen LogP contribution in [0.3, 0.4) is 0 Å². The molecule has 1 atom stereocenters. The van der Waals surface area contributed by atoms with Crippen LogP contribution < -0.4 is 15.3 Å². The zero-order valence-electron chi connectivity index (χ0n) is 18.0. The SMILES string of the molecule is COc1cccc2nc(-c3cccnc3N3CCC[C@H]3C(=O)OC(C)(C)C)oc(=O)c12. The van der Waals surface area contributed by atoms with E-state index >= 15 is 0 Å². The summed E-state index contributed by atoms with van der Waals surface area (Å²) in [7, 11) is 1.49. The highest BCUT2D eigenvalue weighted by atomic mass is 16.6. The Kier molecular flexibility index (Phi) is 5.39. The standard InChI is InChI=1S/C23H25N3O5/c1-23(2,3)31-21(27)16-10-7-13-26(16)19-14(8-6-12-24-19)20-25-15-9-5-11-17(29-4)18(15)22(28)30-20/h5-6,8-9,11-12,16H,7,10,13H2,1-4H3/t16-/m0/s1. The average molecular weight is 423 g/mol. The number of hydrogen-bond acceptors (Lipinski definition) is 8. The normalized spacial score (nSPS) is 16.5. The Bertz CT molecular complexity index is 1180. The van der Waals surface area contributed by atoms with Crippen molar-refractivity contribution in [1.29, 1.82) is 0 Å². The molecule has 0 amide bonds. The van der Waals surface area contributed by atoms with Crippen molar-refractivity contribution in [1.82, 2.24) is 9.97 Å². The molecule has 2 aromatic heterocycles. The molecule has 1 aliphatic heterocycles. The number of aromatic nitrogens is 2. The van der Waals surface area contributed by atoms with Gasteiger partial charge in [0.1, 0.15) is 28.6 Å². The van der Waals surface area contributed by atoms with Gasteiger partial charge in [0.15, 0.2) is 0 Å². The van der Waals surface area contributed by atoms with E-state index in [1.54, 1.807) is 36.5 Å². The Labute approximate surface area is 179 Å². The summed E-state index contributed by atoms with van der Waals surface area (Å²) >= 11 is 0. The lowest BCUT2D eigenvalue weighted by Gasteiger charge is -2.28. The van der Waals surface area contributed by atoms with Crippen molar-refractivity contribution in [2.75, 3.05) is 18.6 Å². The molecule has 1 aromatic carbocycles. The molecular formula is C23H25N3O5. The third-order valence-corrected chi connectivity index (χ3v) is 5.06. The first kappa shape index (κ1) is 20.8. The van der Waals surface area contributed by atoms with E-state index in [0.29, 0.717) is 35.6 Å². The molecule has 1 saturated heterocycles. The van der Waals surface area contributed by atoms with E-state index in [2.05, 4.69) is 9.97 Å². The van der Waals surface area contributed by atoms with E-state index in [4.69, 9.17) is 13.9 Å². The molecular weight excluding hydrogens is 398 g/mol. The Morgan fingerprint density at radius 2 is 2.03 bits per heavy atom. The van der Waals surface area contributed by atoms with Crippen LogP contribution in [0.15, 0.2) is 45.7 Å². The highest BCUT2D eigenvalue weighted by molar-refractivity contribution is 5.86. The molecule has 3 heterocycles. The summed E-state index contributed by atoms with van der Waals surface area (Å²) < 4.78 is 16.4. The van der Waals surface area contributed by atoms with E-state index in [-0.39, 0.29) is 17.2 Å². The monoisotopic (exact) mass is 423 g/mol. The summed E-state index contributed by atoms with van der Waals surface area (Å²) in [6.45, 7) is 6.18. The number of nitrogens with zero attached hydrogens (tertiary/aromatic N) is 3. The molecule has 0 bridgehead atoms. The van der Waals surface area contributed by atoms with Crippen molar-refractivity contribution in [3.63, 3.8) is 0 Å². The van der Waals surface area contributed by atoms with Crippen LogP contribution in [0.1, 0.15) is 33.6 Å². The van der Waals surface area contributed by atoms with Gasteiger partial charge in [-0.05, 0) is 57.9 Å². The summed E-state index contributed by atoms with van der Waals surface area (Å²) in [5.41, 5.74) is -0.119. The maximum Gasteiger partial charge on any atom is 0.350 e. The first-order chi connectivity index (χ1) is 14.8. The minimum atomic E-state index is -0.579. The zero-order valence-corrected chi connectivity index (χ0v) is 18.0. The molecule has 8 heteroatoms. The smallest absolute Gasteiger partial charge is 0.350 e. The quantitative estimate of drug-likeness (QED) is 0.588. The molecule has 0 unspecified atom stereocenters. The Morgan fingerprint density at radius 3 is 2.77 bits per heavy atom. The van der Waals surface area contributed by atoms with Crippen molar-refractivity contribution in [3.05, 3.63) is 46.9 Å². The van der Waals surface area contributed by atoms with Gasteiger partial charge in [0.2, 0.25) is 5.89 Å². The number of rotatable bonds is 4. The molecule has 4 rings (SSSR count). The lowest BCUT2D eigenvalue weighted by atomic mass is 10.1. The summed E-state index contributed by atoms with van der Waals surface area (Å²) in [5, 5.41) is 0.284. The first-order valence-electron chi connectivity index (χ1n) is 10.2. The minimum absolute atomic E-state index is 0.142. The summed E-state index contributed by atoms with van der Waals surface area (Å²) in [6, 6.07) is 8.25. The van der Waals surface area contributed by atoms with Crippen molar-refractivity contribution in [3.8, 4) is 17.2 Å². The van der Waals surface area contributed by atoms with E-state index in [1.165, 1.54) is 7.11 Å². The highest BCUT2D eigenvalue weighted by Gasteiger charge is 2.36. The first-order valence-corrected chi connectivity index (χ1v) is 10.2. The average Bonchev–Trinajstić information content (AvgIpc) is 3.22. The molecule has 3 aromatic rings. The van der Waals surface area contributed by atoms with E-state index < -0.39 is 17.3 Å². The van der Waals surface area contributed by atoms with E-state index in [1.807, 2.05) is 25.7 Å². The summed E-state index contributed by atoms with van der Waals surface area (Å²) in [4.78, 5) is 36.5. The van der Waals surface area contributed by atoms with Crippen LogP contribution in [0.2, 0.25) is 0 Å². The number of pyridine rings is 1. The third-order valence-electron chi connectivity index (χ3n) is 5.06. The van der Waals surface area contributed by atoms with Crippen LogP contribution in [0.5, 0.6) is 5.75 Å². The van der Waals surface area contributed by atoms with Crippen LogP contribution in [0, 0.1) is 0 Å². The van der Waals surface area contributed by atoms with Gasteiger partial charge in [-0.15, -0.1) is 0 Å². The predicted molar refractivity (Wildman–Crippen MR) is 116 cm³/mol. The number of carbonyl (C=O) groups is 1. The molecule has 1 fully saturated rings. The van der Waals surface area contributed by atoms with Crippen LogP contribution in [0.25, 0.3) is 22.4 Å². The molecule has 0 spiro atoms. The number of esters is 1. The zero-order chi connectivity index (χ0) is 22.2. The molecule has 8 nitrogen and oxygen atoms in total. The molecule has 0 aliphatic carbocycles. The van der Waals surface area contributed by atoms with Gasteiger partial charge in [-0.2, -0.15) is 0 Å². The van der Waals surface area contributed by atoms with E-state index in [9.17, 15) is 9.59 Å². The van der Waals surface area contributed by atoms with Crippen LogP contribution in [-0.2, 0) is 9.53 Å². The predicted octanol–water partition coefficient (Wildman–Crippen LogP) is 3.57. The third kappa shape index (κ3) is 4.10. The Balaban J connectivity index is 1.78. The number of methoxy groups -OCH3 is 1. The van der Waals surface area contributed by atoms with Crippen LogP contribution in [-0.4, -0.2) is 41.2 Å². The van der Waals surface area contributed by atoms with Crippen molar-refractivity contribution in [2.24, 2.45) is 0 Å². The number of ether oxygens (including phenoxy) is 2. The van der Waals surface area contributed by atoms with Gasteiger partial charge < -0.3 is 18.8 Å². The Hall–Kier alpha value is -3.42. The lowest BCUT2D eigenvalue weighted by molar-refractivity contribution is -0.156. The van der Waals surface area contributed by atoms with Crippen LogP contribution >= 0.6 is 0 Å². The second-order valence-corrected chi connectivity index (χ2v) is 8.42. The van der Waals surface area contributed by atoms with Gasteiger partial charge in [-0.3, -0.25) is 0 Å². The molecule has 31 heavy (non-hydrogen) atoms. The van der Waals surface area contributed by atoms with Crippen LogP contribution in [0.4, 0.5) is 5.82 Å². The molecule has 0 saturated carbocycles. The molecule has 0 N–H and O–H groups in total. The van der Waals surface area contributed by atoms with Gasteiger partial charge in [0, 0.05) is 12.7 Å². The van der Waals surface area contributed by atoms with Crippen molar-refractivity contribution >= 4 is 22.7 Å². The lowest BCUT2D eigenvalue weighted by Crippen LogP contribution is -2.41. The molecule has 0 radical (unpaired) electrons. The second kappa shape index (κ2) is 8.02. The maximum absolute atomic E-state index is 12.8. The largest absolute Gasteiger partial charge is 0.496 e. The highest BCUT2D eigenvalue weighted by Crippen LogP contribution is 2.34. The van der Waals surface area contributed by atoms with Crippen molar-refractivity contribution in [2.45, 2.75) is 45.3 Å². The maximum atomic E-state index is 12.8. The number of anilines is 1. The fourth-order valence-electron chi connectivity index (χ4n) is 3.80. The summed E-state index contributed by atoms with van der Waals surface area (Å²) in [6.07, 6.45) is 3.13. The van der Waals surface area contributed by atoms with Crippen molar-refractivity contribution < 1.29 is 18.7 Å². The number of benzene rings is 1. The van der Waals surface area contributed by atoms with Gasteiger partial charge in [0.25, 0.3) is 0 Å². The molecule has 1 aliphatic rings.